The van der Waals surface area contributed by atoms with Crippen molar-refractivity contribution < 1.29 is 18.8 Å². The van der Waals surface area contributed by atoms with E-state index in [1.165, 1.54) is 18.2 Å². The second-order valence-corrected chi connectivity index (χ2v) is 4.41. The predicted octanol–water partition coefficient (Wildman–Crippen LogP) is 2.19. The normalized spacial score (nSPS) is 21.4. The number of ether oxygens (including phenoxy) is 1. The zero-order valence-corrected chi connectivity index (χ0v) is 9.89. The second-order valence-electron chi connectivity index (χ2n) is 4.00. The summed E-state index contributed by atoms with van der Waals surface area (Å²) in [6.07, 6.45) is 0.177. The van der Waals surface area contributed by atoms with Gasteiger partial charge in [0.05, 0.1) is 5.02 Å². The smallest absolute Gasteiger partial charge is 0.316 e. The van der Waals surface area contributed by atoms with E-state index >= 15 is 0 Å². The summed E-state index contributed by atoms with van der Waals surface area (Å²) in [6.45, 7) is -0.314. The van der Waals surface area contributed by atoms with E-state index in [0.717, 1.165) is 0 Å². The van der Waals surface area contributed by atoms with E-state index in [-0.39, 0.29) is 23.6 Å². The fourth-order valence-corrected chi connectivity index (χ4v) is 1.81. The van der Waals surface area contributed by atoms with Crippen molar-refractivity contribution in [3.8, 4) is 0 Å². The van der Waals surface area contributed by atoms with Crippen LogP contribution in [0.15, 0.2) is 18.2 Å². The third-order valence-electron chi connectivity index (χ3n) is 2.75. The second kappa shape index (κ2) is 4.89. The number of hydrogen-bond acceptors (Lipinski definition) is 4. The molecule has 2 unspecified atom stereocenters. The summed E-state index contributed by atoms with van der Waals surface area (Å²) in [5, 5.41) is 10.5. The molecule has 96 valence electrons. The highest BCUT2D eigenvalue weighted by atomic mass is 35.5. The summed E-state index contributed by atoms with van der Waals surface area (Å²) < 4.78 is 18.2. The van der Waals surface area contributed by atoms with Gasteiger partial charge in [0.25, 0.3) is 0 Å². The van der Waals surface area contributed by atoms with Crippen LogP contribution in [0.2, 0.25) is 5.02 Å². The maximum Gasteiger partial charge on any atom is 0.316 e. The lowest BCUT2D eigenvalue weighted by molar-refractivity contribution is -0.497. The molecule has 0 aromatic heterocycles. The van der Waals surface area contributed by atoms with Crippen LogP contribution in [0.4, 0.5) is 4.39 Å². The lowest BCUT2D eigenvalue weighted by Crippen LogP contribution is -2.14. The van der Waals surface area contributed by atoms with Gasteiger partial charge in [-0.05, 0) is 12.1 Å². The zero-order valence-electron chi connectivity index (χ0n) is 9.14. The van der Waals surface area contributed by atoms with Crippen LogP contribution in [0.25, 0.3) is 0 Å². The highest BCUT2D eigenvalue weighted by Gasteiger charge is 2.54. The molecule has 0 spiro atoms. The number of nitro groups is 1. The van der Waals surface area contributed by atoms with Crippen LogP contribution >= 0.6 is 11.6 Å². The first-order chi connectivity index (χ1) is 8.50. The summed E-state index contributed by atoms with van der Waals surface area (Å²) in [5.74, 6) is -1.97. The number of hydrogen-bond donors (Lipinski definition) is 0. The largest absolute Gasteiger partial charge is 0.460 e. The number of halogens is 2. The summed E-state index contributed by atoms with van der Waals surface area (Å²) in [4.78, 5) is 21.3. The zero-order chi connectivity index (χ0) is 13.3. The van der Waals surface area contributed by atoms with Crippen molar-refractivity contribution in [2.45, 2.75) is 19.1 Å². The van der Waals surface area contributed by atoms with Crippen LogP contribution in [0.1, 0.15) is 12.0 Å². The Morgan fingerprint density at radius 2 is 2.33 bits per heavy atom. The Kier molecular flexibility index (Phi) is 3.47. The number of carbonyl (C=O) groups is 1. The Morgan fingerprint density at radius 3 is 2.89 bits per heavy atom. The molecule has 1 aromatic carbocycles. The van der Waals surface area contributed by atoms with Gasteiger partial charge in [0.2, 0.25) is 6.04 Å². The Labute approximate surface area is 107 Å². The van der Waals surface area contributed by atoms with Gasteiger partial charge in [-0.2, -0.15) is 0 Å². The monoisotopic (exact) mass is 273 g/mol. The van der Waals surface area contributed by atoms with E-state index in [1.54, 1.807) is 0 Å². The van der Waals surface area contributed by atoms with E-state index < -0.39 is 28.7 Å². The molecule has 0 N–H and O–H groups in total. The molecule has 0 amide bonds. The van der Waals surface area contributed by atoms with Crippen LogP contribution in [-0.2, 0) is 16.1 Å². The minimum absolute atomic E-state index is 0.0748. The SMILES string of the molecule is O=C(OCc1c(F)cccc1Cl)C1CC1[N+](=O)[O-]. The molecule has 1 aliphatic carbocycles. The number of nitrogens with zero attached hydrogens (tertiary/aromatic N) is 1. The van der Waals surface area contributed by atoms with Gasteiger partial charge >= 0.3 is 5.97 Å². The van der Waals surface area contributed by atoms with Gasteiger partial charge in [0, 0.05) is 16.9 Å². The summed E-state index contributed by atoms with van der Waals surface area (Å²) in [6, 6.07) is 3.25. The molecular formula is C11H9ClFNO4. The minimum atomic E-state index is -0.867. The number of rotatable bonds is 4. The summed E-state index contributed by atoms with van der Waals surface area (Å²) in [7, 11) is 0. The Hall–Kier alpha value is -1.69. The maximum absolute atomic E-state index is 13.3. The first-order valence-corrected chi connectivity index (χ1v) is 5.61. The number of esters is 1. The van der Waals surface area contributed by atoms with Crippen LogP contribution in [-0.4, -0.2) is 16.9 Å². The van der Waals surface area contributed by atoms with Gasteiger partial charge in [-0.3, -0.25) is 14.9 Å². The first-order valence-electron chi connectivity index (χ1n) is 5.23. The van der Waals surface area contributed by atoms with E-state index in [0.29, 0.717) is 0 Å². The summed E-state index contributed by atoms with van der Waals surface area (Å²) in [5.41, 5.74) is 0.0748. The van der Waals surface area contributed by atoms with Gasteiger partial charge in [-0.1, -0.05) is 17.7 Å². The van der Waals surface area contributed by atoms with Crippen molar-refractivity contribution in [1.82, 2.24) is 0 Å². The molecule has 0 saturated heterocycles. The number of carbonyl (C=O) groups excluding carboxylic acids is 1. The Balaban J connectivity index is 1.93. The maximum atomic E-state index is 13.3. The van der Waals surface area contributed by atoms with Crippen molar-refractivity contribution in [1.29, 1.82) is 0 Å². The van der Waals surface area contributed by atoms with Gasteiger partial charge in [-0.25, -0.2) is 4.39 Å². The molecule has 1 fully saturated rings. The van der Waals surface area contributed by atoms with Crippen LogP contribution in [0.3, 0.4) is 0 Å². The van der Waals surface area contributed by atoms with Gasteiger partial charge < -0.3 is 4.74 Å². The molecule has 5 nitrogen and oxygen atoms in total. The van der Waals surface area contributed by atoms with E-state index in [2.05, 4.69) is 0 Å². The average molecular weight is 274 g/mol. The predicted molar refractivity (Wildman–Crippen MR) is 60.1 cm³/mol. The van der Waals surface area contributed by atoms with E-state index in [1.807, 2.05) is 0 Å². The van der Waals surface area contributed by atoms with Crippen molar-refractivity contribution in [2.24, 2.45) is 5.92 Å². The van der Waals surface area contributed by atoms with Gasteiger partial charge in [0.1, 0.15) is 18.3 Å². The average Bonchev–Trinajstić information content (AvgIpc) is 3.08. The molecule has 1 saturated carbocycles. The standard InChI is InChI=1S/C11H9ClFNO4/c12-8-2-1-3-9(13)7(8)5-18-11(15)6-4-10(6)14(16)17/h1-3,6,10H,4-5H2. The molecule has 0 aliphatic heterocycles. The summed E-state index contributed by atoms with van der Waals surface area (Å²) >= 11 is 5.75. The highest BCUT2D eigenvalue weighted by Crippen LogP contribution is 2.34. The molecule has 7 heteroatoms. The molecule has 2 rings (SSSR count). The van der Waals surface area contributed by atoms with Gasteiger partial charge in [-0.15, -0.1) is 0 Å². The van der Waals surface area contributed by atoms with Crippen molar-refractivity contribution in [3.63, 3.8) is 0 Å². The molecule has 0 heterocycles. The van der Waals surface area contributed by atoms with Crippen molar-refractivity contribution >= 4 is 17.6 Å². The Bertz CT molecular complexity index is 488. The van der Waals surface area contributed by atoms with Gasteiger partial charge in [0.15, 0.2) is 0 Å². The quantitative estimate of drug-likeness (QED) is 0.479. The lowest BCUT2D eigenvalue weighted by atomic mass is 10.2. The van der Waals surface area contributed by atoms with E-state index in [4.69, 9.17) is 16.3 Å². The third kappa shape index (κ3) is 2.59. The molecular weight excluding hydrogens is 265 g/mol. The van der Waals surface area contributed by atoms with E-state index in [9.17, 15) is 19.3 Å². The fraction of sp³-hybridized carbons (Fsp3) is 0.364. The topological polar surface area (TPSA) is 69.4 Å². The molecule has 1 aliphatic rings. The number of benzene rings is 1. The first kappa shape index (κ1) is 12.8. The van der Waals surface area contributed by atoms with Crippen molar-refractivity contribution in [3.05, 3.63) is 44.7 Å². The highest BCUT2D eigenvalue weighted by molar-refractivity contribution is 6.31. The Morgan fingerprint density at radius 1 is 1.61 bits per heavy atom. The molecule has 0 bridgehead atoms. The molecule has 18 heavy (non-hydrogen) atoms. The molecule has 2 atom stereocenters. The molecule has 0 radical (unpaired) electrons. The lowest BCUT2D eigenvalue weighted by Gasteiger charge is -2.06. The fourth-order valence-electron chi connectivity index (χ4n) is 1.59. The van der Waals surface area contributed by atoms with Crippen molar-refractivity contribution in [2.75, 3.05) is 0 Å². The molecule has 1 aromatic rings. The minimum Gasteiger partial charge on any atom is -0.460 e. The van der Waals surface area contributed by atoms with Crippen LogP contribution < -0.4 is 0 Å². The van der Waals surface area contributed by atoms with Crippen LogP contribution in [0.5, 0.6) is 0 Å². The third-order valence-corrected chi connectivity index (χ3v) is 3.10. The van der Waals surface area contributed by atoms with Crippen LogP contribution in [0, 0.1) is 21.8 Å².